The molecule has 0 atom stereocenters. The first kappa shape index (κ1) is 23.1. The second-order valence-corrected chi connectivity index (χ2v) is 7.31. The smallest absolute Gasteiger partial charge is 0.163 e. The maximum Gasteiger partial charge on any atom is 0.163 e. The monoisotopic (exact) mass is 446 g/mol. The van der Waals surface area contributed by atoms with Gasteiger partial charge in [0, 0.05) is 39.8 Å². The molecule has 2 rings (SSSR count). The van der Waals surface area contributed by atoms with E-state index in [1.54, 1.807) is 31.4 Å². The number of halogens is 3. The van der Waals surface area contributed by atoms with Gasteiger partial charge in [0.25, 0.3) is 0 Å². The number of hydrogen-bond acceptors (Lipinski definition) is 5. The zero-order chi connectivity index (χ0) is 20.4. The Kier molecular flexibility index (Phi) is 10.2. The van der Waals surface area contributed by atoms with Crippen molar-refractivity contribution in [3.8, 4) is 11.5 Å². The summed E-state index contributed by atoms with van der Waals surface area (Å²) in [5, 5.41) is 16.9. The Bertz CT molecular complexity index is 739. The first-order valence-electron chi connectivity index (χ1n) is 9.01. The van der Waals surface area contributed by atoms with Crippen LogP contribution in [0.2, 0.25) is 15.1 Å². The van der Waals surface area contributed by atoms with Crippen LogP contribution in [-0.2, 0) is 13.2 Å². The van der Waals surface area contributed by atoms with E-state index in [0.29, 0.717) is 45.2 Å². The van der Waals surface area contributed by atoms with Crippen LogP contribution in [0.5, 0.6) is 11.5 Å². The Morgan fingerprint density at radius 2 is 1.64 bits per heavy atom. The predicted molar refractivity (Wildman–Crippen MR) is 115 cm³/mol. The van der Waals surface area contributed by atoms with Gasteiger partial charge in [-0.2, -0.15) is 0 Å². The number of aliphatic hydroxyl groups is 1. The number of nitrogens with one attached hydrogen (secondary N) is 2. The van der Waals surface area contributed by atoms with Crippen molar-refractivity contribution in [3.05, 3.63) is 56.5 Å². The molecule has 0 aliphatic rings. The van der Waals surface area contributed by atoms with Gasteiger partial charge in [-0.1, -0.05) is 40.9 Å². The highest BCUT2D eigenvalue weighted by molar-refractivity contribution is 6.36. The molecule has 0 aliphatic carbocycles. The van der Waals surface area contributed by atoms with Gasteiger partial charge in [-0.15, -0.1) is 0 Å². The van der Waals surface area contributed by atoms with E-state index in [0.717, 1.165) is 25.1 Å². The highest BCUT2D eigenvalue weighted by Crippen LogP contribution is 2.35. The van der Waals surface area contributed by atoms with Crippen LogP contribution in [-0.4, -0.2) is 38.5 Å². The second-order valence-electron chi connectivity index (χ2n) is 6.09. The van der Waals surface area contributed by atoms with Crippen LogP contribution in [0.25, 0.3) is 0 Å². The van der Waals surface area contributed by atoms with Crippen molar-refractivity contribution in [2.75, 3.05) is 33.4 Å². The van der Waals surface area contributed by atoms with E-state index in [1.165, 1.54) is 0 Å². The molecule has 5 nitrogen and oxygen atoms in total. The molecule has 0 bridgehead atoms. The Balaban J connectivity index is 1.95. The zero-order valence-corrected chi connectivity index (χ0v) is 18.0. The quantitative estimate of drug-likeness (QED) is 0.424. The van der Waals surface area contributed by atoms with Crippen molar-refractivity contribution in [2.24, 2.45) is 0 Å². The van der Waals surface area contributed by atoms with E-state index in [2.05, 4.69) is 10.6 Å². The molecule has 28 heavy (non-hydrogen) atoms. The third kappa shape index (κ3) is 6.99. The number of methoxy groups -OCH3 is 1. The summed E-state index contributed by atoms with van der Waals surface area (Å²) in [6.45, 7) is 3.28. The molecular weight excluding hydrogens is 423 g/mol. The Morgan fingerprint density at radius 3 is 2.32 bits per heavy atom. The third-order valence-corrected chi connectivity index (χ3v) is 5.14. The summed E-state index contributed by atoms with van der Waals surface area (Å²) in [7, 11) is 1.59. The SMILES string of the molecule is COc1cc(CNCCCNCCO)c(Cl)cc1OCc1c(Cl)cccc1Cl. The fraction of sp³-hybridized carbons (Fsp3) is 0.400. The van der Waals surface area contributed by atoms with E-state index in [-0.39, 0.29) is 13.2 Å². The van der Waals surface area contributed by atoms with Crippen molar-refractivity contribution in [1.82, 2.24) is 10.6 Å². The molecule has 0 amide bonds. The lowest BCUT2D eigenvalue weighted by Crippen LogP contribution is -2.24. The molecule has 8 heteroatoms. The Hall–Kier alpha value is -1.21. The van der Waals surface area contributed by atoms with Crippen LogP contribution < -0.4 is 20.1 Å². The van der Waals surface area contributed by atoms with E-state index in [1.807, 2.05) is 6.07 Å². The minimum absolute atomic E-state index is 0.153. The number of aliphatic hydroxyl groups excluding tert-OH is 1. The zero-order valence-electron chi connectivity index (χ0n) is 15.7. The Labute approximate surface area is 180 Å². The van der Waals surface area contributed by atoms with Crippen molar-refractivity contribution < 1.29 is 14.6 Å². The highest BCUT2D eigenvalue weighted by Gasteiger charge is 2.13. The summed E-state index contributed by atoms with van der Waals surface area (Å²) in [4.78, 5) is 0. The van der Waals surface area contributed by atoms with Crippen molar-refractivity contribution in [2.45, 2.75) is 19.6 Å². The third-order valence-electron chi connectivity index (χ3n) is 4.08. The fourth-order valence-electron chi connectivity index (χ4n) is 2.57. The van der Waals surface area contributed by atoms with Gasteiger partial charge in [-0.25, -0.2) is 0 Å². The van der Waals surface area contributed by atoms with Gasteiger partial charge in [0.2, 0.25) is 0 Å². The van der Waals surface area contributed by atoms with E-state index >= 15 is 0 Å². The minimum atomic E-state index is 0.153. The summed E-state index contributed by atoms with van der Waals surface area (Å²) in [6, 6.07) is 8.93. The van der Waals surface area contributed by atoms with Gasteiger partial charge in [-0.3, -0.25) is 0 Å². The molecule has 0 unspecified atom stereocenters. The number of rotatable bonds is 12. The lowest BCUT2D eigenvalue weighted by atomic mass is 10.2. The maximum atomic E-state index is 8.72. The van der Waals surface area contributed by atoms with Crippen LogP contribution in [0.4, 0.5) is 0 Å². The maximum absolute atomic E-state index is 8.72. The Morgan fingerprint density at radius 1 is 0.929 bits per heavy atom. The average Bonchev–Trinajstić information content (AvgIpc) is 2.68. The molecule has 0 heterocycles. The normalized spacial score (nSPS) is 10.9. The first-order chi connectivity index (χ1) is 13.6. The molecule has 0 aromatic heterocycles. The summed E-state index contributed by atoms with van der Waals surface area (Å²) in [6.07, 6.45) is 0.953. The second kappa shape index (κ2) is 12.4. The molecule has 0 fully saturated rings. The molecule has 0 aliphatic heterocycles. The lowest BCUT2D eigenvalue weighted by molar-refractivity contribution is 0.284. The van der Waals surface area contributed by atoms with Gasteiger partial charge in [0.1, 0.15) is 6.61 Å². The molecule has 0 spiro atoms. The van der Waals surface area contributed by atoms with Gasteiger partial charge in [-0.05, 0) is 43.3 Å². The van der Waals surface area contributed by atoms with Gasteiger partial charge in [0.15, 0.2) is 11.5 Å². The van der Waals surface area contributed by atoms with Crippen LogP contribution in [0.15, 0.2) is 30.3 Å². The summed E-state index contributed by atoms with van der Waals surface area (Å²) in [5.41, 5.74) is 1.63. The molecule has 2 aromatic rings. The van der Waals surface area contributed by atoms with Crippen molar-refractivity contribution in [3.63, 3.8) is 0 Å². The van der Waals surface area contributed by atoms with Gasteiger partial charge in [0.05, 0.1) is 13.7 Å². The van der Waals surface area contributed by atoms with Crippen LogP contribution in [0, 0.1) is 0 Å². The van der Waals surface area contributed by atoms with Gasteiger partial charge < -0.3 is 25.2 Å². The summed E-state index contributed by atoms with van der Waals surface area (Å²) in [5.74, 6) is 1.12. The number of ether oxygens (including phenoxy) is 2. The highest BCUT2D eigenvalue weighted by atomic mass is 35.5. The summed E-state index contributed by atoms with van der Waals surface area (Å²) >= 11 is 18.8. The topological polar surface area (TPSA) is 62.8 Å². The summed E-state index contributed by atoms with van der Waals surface area (Å²) < 4.78 is 11.3. The number of hydrogen-bond donors (Lipinski definition) is 3. The average molecular weight is 448 g/mol. The molecule has 0 radical (unpaired) electrons. The van der Waals surface area contributed by atoms with E-state index in [4.69, 9.17) is 49.4 Å². The standard InChI is InChI=1S/C20H25Cl3N2O3/c1-27-19-10-14(12-25-7-3-6-24-8-9-26)18(23)11-20(19)28-13-15-16(21)4-2-5-17(15)22/h2,4-5,10-11,24-26H,3,6-9,12-13H2,1H3. The molecule has 2 aromatic carbocycles. The van der Waals surface area contributed by atoms with Crippen LogP contribution in [0.1, 0.15) is 17.5 Å². The van der Waals surface area contributed by atoms with E-state index < -0.39 is 0 Å². The van der Waals surface area contributed by atoms with Crippen LogP contribution >= 0.6 is 34.8 Å². The molecule has 3 N–H and O–H groups in total. The van der Waals surface area contributed by atoms with Crippen molar-refractivity contribution >= 4 is 34.8 Å². The van der Waals surface area contributed by atoms with Crippen LogP contribution in [0.3, 0.4) is 0 Å². The molecule has 154 valence electrons. The predicted octanol–water partition coefficient (Wildman–Crippen LogP) is 4.30. The molecule has 0 saturated heterocycles. The molecular formula is C20H25Cl3N2O3. The lowest BCUT2D eigenvalue weighted by Gasteiger charge is -2.15. The van der Waals surface area contributed by atoms with Crippen molar-refractivity contribution in [1.29, 1.82) is 0 Å². The first-order valence-corrected chi connectivity index (χ1v) is 10.1. The van der Waals surface area contributed by atoms with Gasteiger partial charge >= 0.3 is 0 Å². The molecule has 0 saturated carbocycles. The largest absolute Gasteiger partial charge is 0.493 e. The number of benzene rings is 2. The minimum Gasteiger partial charge on any atom is -0.493 e. The fourth-order valence-corrected chi connectivity index (χ4v) is 3.30. The van der Waals surface area contributed by atoms with E-state index in [9.17, 15) is 0 Å².